The smallest absolute Gasteiger partial charge is 0.309 e. The van der Waals surface area contributed by atoms with Crippen LogP contribution in [0.2, 0.25) is 0 Å². The molecule has 0 amide bonds. The Bertz CT molecular complexity index is 641. The van der Waals surface area contributed by atoms with Gasteiger partial charge in [-0.25, -0.2) is 0 Å². The van der Waals surface area contributed by atoms with E-state index in [9.17, 15) is 4.79 Å². The lowest BCUT2D eigenvalue weighted by atomic mass is 10.1. The lowest BCUT2D eigenvalue weighted by molar-refractivity contribution is -0.145. The number of methoxy groups -OCH3 is 1. The van der Waals surface area contributed by atoms with Crippen LogP contribution >= 0.6 is 0 Å². The monoisotopic (exact) mass is 315 g/mol. The summed E-state index contributed by atoms with van der Waals surface area (Å²) in [6.45, 7) is 6.91. The van der Waals surface area contributed by atoms with Crippen LogP contribution in [0.15, 0.2) is 42.5 Å². The number of ether oxygens (including phenoxy) is 2. The highest BCUT2D eigenvalue weighted by atomic mass is 16.5. The number of esters is 1. The van der Waals surface area contributed by atoms with Crippen molar-refractivity contribution in [1.82, 2.24) is 4.90 Å². The van der Waals surface area contributed by atoms with Crippen LogP contribution in [0.5, 0.6) is 5.75 Å². The summed E-state index contributed by atoms with van der Waals surface area (Å²) in [5.41, 5.74) is 0. The highest BCUT2D eigenvalue weighted by Gasteiger charge is 2.16. The van der Waals surface area contributed by atoms with Crippen molar-refractivity contribution in [2.75, 3.05) is 33.4 Å². The van der Waals surface area contributed by atoms with E-state index in [1.807, 2.05) is 25.1 Å². The zero-order chi connectivity index (χ0) is 16.7. The van der Waals surface area contributed by atoms with Gasteiger partial charge in [0, 0.05) is 13.1 Å². The molecule has 2 aromatic rings. The van der Waals surface area contributed by atoms with E-state index in [1.165, 1.54) is 17.9 Å². The van der Waals surface area contributed by atoms with Crippen LogP contribution < -0.4 is 4.74 Å². The van der Waals surface area contributed by atoms with Crippen LogP contribution in [0.25, 0.3) is 10.8 Å². The summed E-state index contributed by atoms with van der Waals surface area (Å²) >= 11 is 0. The fraction of sp³-hybridized carbons (Fsp3) is 0.421. The molecule has 2 aromatic carbocycles. The molecule has 0 aliphatic carbocycles. The van der Waals surface area contributed by atoms with Gasteiger partial charge in [-0.2, -0.15) is 0 Å². The van der Waals surface area contributed by atoms with Crippen molar-refractivity contribution in [1.29, 1.82) is 0 Å². The Morgan fingerprint density at radius 1 is 1.17 bits per heavy atom. The minimum atomic E-state index is -0.168. The Hall–Kier alpha value is -2.07. The van der Waals surface area contributed by atoms with E-state index in [4.69, 9.17) is 9.47 Å². The molecular weight excluding hydrogens is 290 g/mol. The van der Waals surface area contributed by atoms with Gasteiger partial charge >= 0.3 is 5.97 Å². The molecule has 0 spiro atoms. The molecule has 4 heteroatoms. The van der Waals surface area contributed by atoms with E-state index < -0.39 is 0 Å². The van der Waals surface area contributed by atoms with Gasteiger partial charge in [0.2, 0.25) is 0 Å². The summed E-state index contributed by atoms with van der Waals surface area (Å²) in [4.78, 5) is 13.7. The van der Waals surface area contributed by atoms with Crippen LogP contribution in [0.3, 0.4) is 0 Å². The molecule has 0 heterocycles. The molecule has 1 atom stereocenters. The maximum atomic E-state index is 11.5. The molecule has 1 unspecified atom stereocenters. The van der Waals surface area contributed by atoms with Gasteiger partial charge in [-0.15, -0.1) is 0 Å². The van der Waals surface area contributed by atoms with Crippen molar-refractivity contribution < 1.29 is 14.3 Å². The molecule has 4 nitrogen and oxygen atoms in total. The number of hydrogen-bond acceptors (Lipinski definition) is 4. The molecule has 0 fully saturated rings. The standard InChI is InChI=1S/C19H25NO3/c1-4-20(14-15(2)19(21)22-3)11-12-23-18-10-9-16-7-5-6-8-17(16)13-18/h5-10,13,15H,4,11-12,14H2,1-3H3. The Kier molecular flexibility index (Phi) is 6.41. The number of benzene rings is 2. The molecule has 0 aliphatic rings. The predicted octanol–water partition coefficient (Wildman–Crippen LogP) is 3.35. The summed E-state index contributed by atoms with van der Waals surface area (Å²) in [7, 11) is 1.43. The van der Waals surface area contributed by atoms with E-state index >= 15 is 0 Å². The first-order valence-electron chi connectivity index (χ1n) is 8.05. The highest BCUT2D eigenvalue weighted by Crippen LogP contribution is 2.20. The summed E-state index contributed by atoms with van der Waals surface area (Å²) < 4.78 is 10.6. The maximum Gasteiger partial charge on any atom is 0.309 e. The van der Waals surface area contributed by atoms with Crippen molar-refractivity contribution in [2.24, 2.45) is 5.92 Å². The van der Waals surface area contributed by atoms with Crippen LogP contribution in [0, 0.1) is 5.92 Å². The number of hydrogen-bond donors (Lipinski definition) is 0. The van der Waals surface area contributed by atoms with E-state index in [-0.39, 0.29) is 11.9 Å². The Labute approximate surface area is 138 Å². The molecule has 2 rings (SSSR count). The van der Waals surface area contributed by atoms with E-state index in [0.717, 1.165) is 18.8 Å². The minimum absolute atomic E-state index is 0.124. The molecule has 0 bridgehead atoms. The molecule has 0 saturated carbocycles. The first kappa shape index (κ1) is 17.3. The first-order valence-corrected chi connectivity index (χ1v) is 8.05. The number of nitrogens with zero attached hydrogens (tertiary/aromatic N) is 1. The third-order valence-electron chi connectivity index (χ3n) is 3.98. The van der Waals surface area contributed by atoms with Gasteiger partial charge in [-0.3, -0.25) is 9.69 Å². The van der Waals surface area contributed by atoms with E-state index in [0.29, 0.717) is 13.2 Å². The second-order valence-corrected chi connectivity index (χ2v) is 5.67. The molecule has 23 heavy (non-hydrogen) atoms. The fourth-order valence-electron chi connectivity index (χ4n) is 2.59. The molecule has 0 N–H and O–H groups in total. The molecule has 0 aromatic heterocycles. The van der Waals surface area contributed by atoms with Gasteiger partial charge in [0.15, 0.2) is 0 Å². The fourth-order valence-corrected chi connectivity index (χ4v) is 2.59. The van der Waals surface area contributed by atoms with Gasteiger partial charge < -0.3 is 9.47 Å². The molecule has 0 radical (unpaired) electrons. The Morgan fingerprint density at radius 2 is 1.91 bits per heavy atom. The number of carbonyl (C=O) groups excluding carboxylic acids is 1. The average Bonchev–Trinajstić information content (AvgIpc) is 2.59. The SMILES string of the molecule is CCN(CCOc1ccc2ccccc2c1)CC(C)C(=O)OC. The largest absolute Gasteiger partial charge is 0.492 e. The number of fused-ring (bicyclic) bond motifs is 1. The molecule has 0 aliphatic heterocycles. The van der Waals surface area contributed by atoms with Crippen LogP contribution in [-0.2, 0) is 9.53 Å². The zero-order valence-electron chi connectivity index (χ0n) is 14.1. The van der Waals surface area contributed by atoms with Crippen LogP contribution in [0.1, 0.15) is 13.8 Å². The molecule has 124 valence electrons. The molecular formula is C19H25NO3. The van der Waals surface area contributed by atoms with Crippen molar-refractivity contribution >= 4 is 16.7 Å². The van der Waals surface area contributed by atoms with Gasteiger partial charge in [0.1, 0.15) is 12.4 Å². The highest BCUT2D eigenvalue weighted by molar-refractivity contribution is 5.83. The van der Waals surface area contributed by atoms with Gasteiger partial charge in [0.25, 0.3) is 0 Å². The van der Waals surface area contributed by atoms with E-state index in [1.54, 1.807) is 0 Å². The quantitative estimate of drug-likeness (QED) is 0.700. The number of carbonyl (C=O) groups is 1. The third kappa shape index (κ3) is 4.96. The summed E-state index contributed by atoms with van der Waals surface area (Å²) in [6, 6.07) is 14.4. The Balaban J connectivity index is 1.85. The van der Waals surface area contributed by atoms with Crippen molar-refractivity contribution in [3.05, 3.63) is 42.5 Å². The van der Waals surface area contributed by atoms with Crippen LogP contribution in [0.4, 0.5) is 0 Å². The zero-order valence-corrected chi connectivity index (χ0v) is 14.1. The van der Waals surface area contributed by atoms with E-state index in [2.05, 4.69) is 36.1 Å². The van der Waals surface area contributed by atoms with Crippen molar-refractivity contribution in [3.8, 4) is 5.75 Å². The summed E-state index contributed by atoms with van der Waals surface area (Å²) in [5, 5.41) is 2.39. The lowest BCUT2D eigenvalue weighted by Gasteiger charge is -2.23. The van der Waals surface area contributed by atoms with Gasteiger partial charge in [-0.05, 0) is 29.4 Å². The predicted molar refractivity (Wildman–Crippen MR) is 92.7 cm³/mol. The lowest BCUT2D eigenvalue weighted by Crippen LogP contribution is -2.35. The van der Waals surface area contributed by atoms with Crippen LogP contribution in [-0.4, -0.2) is 44.2 Å². The maximum absolute atomic E-state index is 11.5. The van der Waals surface area contributed by atoms with Gasteiger partial charge in [-0.1, -0.05) is 44.2 Å². The average molecular weight is 315 g/mol. The van der Waals surface area contributed by atoms with Gasteiger partial charge in [0.05, 0.1) is 13.0 Å². The first-order chi connectivity index (χ1) is 11.1. The number of rotatable bonds is 8. The second kappa shape index (κ2) is 8.53. The van der Waals surface area contributed by atoms with Crippen molar-refractivity contribution in [2.45, 2.75) is 13.8 Å². The normalized spacial score (nSPS) is 12.3. The van der Waals surface area contributed by atoms with Crippen molar-refractivity contribution in [3.63, 3.8) is 0 Å². The Morgan fingerprint density at radius 3 is 2.61 bits per heavy atom. The summed E-state index contributed by atoms with van der Waals surface area (Å²) in [5.74, 6) is 0.584. The number of likely N-dealkylation sites (N-methyl/N-ethyl adjacent to an activating group) is 1. The second-order valence-electron chi connectivity index (χ2n) is 5.67. The summed E-state index contributed by atoms with van der Waals surface area (Å²) in [6.07, 6.45) is 0. The topological polar surface area (TPSA) is 38.8 Å². The third-order valence-corrected chi connectivity index (χ3v) is 3.98. The minimum Gasteiger partial charge on any atom is -0.492 e. The molecule has 0 saturated heterocycles.